The third-order valence-electron chi connectivity index (χ3n) is 9.22. The first-order valence-electron chi connectivity index (χ1n) is 15.4. The van der Waals surface area contributed by atoms with E-state index in [2.05, 4.69) is 80.4 Å². The number of pyridine rings is 2. The molecule has 4 aliphatic heterocycles. The molecule has 8 nitrogen and oxygen atoms in total. The second-order valence-corrected chi connectivity index (χ2v) is 11.8. The van der Waals surface area contributed by atoms with Crippen LogP contribution in [0.15, 0.2) is 101 Å². The van der Waals surface area contributed by atoms with Gasteiger partial charge in [0.1, 0.15) is 34.7 Å². The van der Waals surface area contributed by atoms with Gasteiger partial charge in [0, 0.05) is 29.7 Å². The zero-order chi connectivity index (χ0) is 30.1. The smallest absolute Gasteiger partial charge is 0.260 e. The van der Waals surface area contributed by atoms with Crippen LogP contribution in [-0.4, -0.2) is 54.5 Å². The number of hydrogen-bond donors (Lipinski definition) is 0. The molecule has 4 aliphatic rings. The Hall–Kier alpha value is -5.44. The highest BCUT2D eigenvalue weighted by Crippen LogP contribution is 2.37. The third kappa shape index (κ3) is 4.22. The number of nitrogens with zero attached hydrogens (tertiary/aromatic N) is 6. The lowest BCUT2D eigenvalue weighted by atomic mass is 9.35. The van der Waals surface area contributed by atoms with E-state index in [1.165, 1.54) is 0 Å². The van der Waals surface area contributed by atoms with E-state index in [9.17, 15) is 0 Å². The molecule has 2 aromatic heterocycles. The molecule has 0 bridgehead atoms. The van der Waals surface area contributed by atoms with Gasteiger partial charge in [0.25, 0.3) is 6.71 Å². The number of aliphatic imine (C=N–C) groups is 2. The van der Waals surface area contributed by atoms with Crippen LogP contribution in [0, 0.1) is 0 Å². The van der Waals surface area contributed by atoms with Crippen LogP contribution >= 0.6 is 0 Å². The fourth-order valence-electron chi connectivity index (χ4n) is 6.93. The molecule has 9 heteroatoms. The topological polar surface area (TPSA) is 75.4 Å². The van der Waals surface area contributed by atoms with Gasteiger partial charge in [-0.2, -0.15) is 0 Å². The highest BCUT2D eigenvalue weighted by Gasteiger charge is 2.40. The van der Waals surface area contributed by atoms with E-state index in [-0.39, 0.29) is 6.71 Å². The van der Waals surface area contributed by atoms with E-state index in [0.717, 1.165) is 111 Å². The van der Waals surface area contributed by atoms with Crippen molar-refractivity contribution in [2.45, 2.75) is 13.8 Å². The molecule has 0 saturated carbocycles. The fraction of sp³-hybridized carbons (Fsp3) is 0.167. The van der Waals surface area contributed by atoms with Crippen molar-refractivity contribution in [2.75, 3.05) is 36.0 Å². The number of fused-ring (bicyclic) bond motifs is 4. The highest BCUT2D eigenvalue weighted by atomic mass is 16.5. The number of amidine groups is 2. The van der Waals surface area contributed by atoms with Crippen molar-refractivity contribution in [3.05, 3.63) is 91.3 Å². The van der Waals surface area contributed by atoms with Gasteiger partial charge in [0.05, 0.1) is 48.2 Å². The predicted molar refractivity (Wildman–Crippen MR) is 181 cm³/mol. The molecule has 0 atom stereocenters. The van der Waals surface area contributed by atoms with E-state index in [1.54, 1.807) is 0 Å². The second kappa shape index (κ2) is 10.1. The van der Waals surface area contributed by atoms with Crippen molar-refractivity contribution in [2.24, 2.45) is 9.98 Å². The SMILES string of the molecule is CC1=NCCN1c1ccc(-c2ccc3c(c2)Oc2cccc4c2B3c2ccc(-c3ccc(N5CCN=C5C)cn3)cc2O4)nc1. The Morgan fingerprint density at radius 1 is 0.600 bits per heavy atom. The number of rotatable bonds is 4. The van der Waals surface area contributed by atoms with Crippen molar-refractivity contribution < 1.29 is 9.47 Å². The lowest BCUT2D eigenvalue weighted by molar-refractivity contribution is 0.464. The number of hydrogen-bond acceptors (Lipinski definition) is 8. The summed E-state index contributed by atoms with van der Waals surface area (Å²) in [5.41, 5.74) is 9.25. The van der Waals surface area contributed by atoms with E-state index in [1.807, 2.05) is 44.4 Å². The van der Waals surface area contributed by atoms with Gasteiger partial charge in [-0.05, 0) is 73.3 Å². The van der Waals surface area contributed by atoms with Gasteiger partial charge >= 0.3 is 0 Å². The van der Waals surface area contributed by atoms with Crippen LogP contribution in [0.2, 0.25) is 0 Å². The van der Waals surface area contributed by atoms with Gasteiger partial charge < -0.3 is 19.3 Å². The molecule has 0 unspecified atom stereocenters. The molecule has 0 amide bonds. The minimum Gasteiger partial charge on any atom is -0.458 e. The molecule has 0 spiro atoms. The normalized spacial score (nSPS) is 15.9. The lowest BCUT2D eigenvalue weighted by Crippen LogP contribution is -2.57. The molecular formula is C36H29BN6O2. The summed E-state index contributed by atoms with van der Waals surface area (Å²) in [4.78, 5) is 23.0. The maximum Gasteiger partial charge on any atom is 0.260 e. The molecule has 0 radical (unpaired) electrons. The second-order valence-electron chi connectivity index (χ2n) is 11.8. The Morgan fingerprint density at radius 2 is 1.11 bits per heavy atom. The molecule has 45 heavy (non-hydrogen) atoms. The van der Waals surface area contributed by atoms with Gasteiger partial charge in [-0.15, -0.1) is 0 Å². The Morgan fingerprint density at radius 3 is 1.53 bits per heavy atom. The van der Waals surface area contributed by atoms with E-state index in [0.29, 0.717) is 0 Å². The minimum atomic E-state index is -0.00710. The largest absolute Gasteiger partial charge is 0.458 e. The number of ether oxygens (including phenoxy) is 2. The zero-order valence-corrected chi connectivity index (χ0v) is 25.1. The first kappa shape index (κ1) is 26.0. The third-order valence-corrected chi connectivity index (χ3v) is 9.22. The molecule has 0 aliphatic carbocycles. The highest BCUT2D eigenvalue weighted by molar-refractivity contribution is 6.98. The summed E-state index contributed by atoms with van der Waals surface area (Å²) in [6.07, 6.45) is 3.86. The van der Waals surface area contributed by atoms with Crippen LogP contribution in [0.25, 0.3) is 22.5 Å². The Bertz CT molecular complexity index is 1910. The van der Waals surface area contributed by atoms with Gasteiger partial charge in [-0.25, -0.2) is 0 Å². The van der Waals surface area contributed by atoms with Crippen molar-refractivity contribution in [1.29, 1.82) is 0 Å². The van der Waals surface area contributed by atoms with Crippen LogP contribution in [0.4, 0.5) is 11.4 Å². The zero-order valence-electron chi connectivity index (χ0n) is 25.1. The molecule has 5 aromatic rings. The van der Waals surface area contributed by atoms with Gasteiger partial charge in [-0.3, -0.25) is 20.0 Å². The van der Waals surface area contributed by atoms with Gasteiger partial charge in [-0.1, -0.05) is 30.3 Å². The Labute approximate surface area is 261 Å². The molecular weight excluding hydrogens is 559 g/mol. The van der Waals surface area contributed by atoms with E-state index >= 15 is 0 Å². The summed E-state index contributed by atoms with van der Waals surface area (Å²) >= 11 is 0. The summed E-state index contributed by atoms with van der Waals surface area (Å²) in [7, 11) is 0. The van der Waals surface area contributed by atoms with Crippen LogP contribution in [0.1, 0.15) is 13.8 Å². The van der Waals surface area contributed by atoms with Crippen molar-refractivity contribution in [1.82, 2.24) is 9.97 Å². The first-order chi connectivity index (χ1) is 22.1. The molecule has 218 valence electrons. The van der Waals surface area contributed by atoms with Crippen molar-refractivity contribution >= 4 is 46.1 Å². The summed E-state index contributed by atoms with van der Waals surface area (Å²) in [5.74, 6) is 5.39. The Kier molecular flexibility index (Phi) is 5.81. The number of anilines is 2. The number of benzene rings is 3. The standard InChI is InChI=1S/C36H29BN6O2/c1-22-38-14-16-42(22)26-8-12-30(40-20-26)24-6-10-28-34(18-24)44-32-4-3-5-33-36(32)37(28)29-11-7-25(19-35(29)45-33)31-13-9-27(21-41-31)43-17-15-39-23(43)2/h3-13,18-21H,14-17H2,1-2H3. The lowest BCUT2D eigenvalue weighted by Gasteiger charge is -2.33. The van der Waals surface area contributed by atoms with Gasteiger partial charge in [0.2, 0.25) is 0 Å². The van der Waals surface area contributed by atoms with Crippen molar-refractivity contribution in [3.63, 3.8) is 0 Å². The average Bonchev–Trinajstić information content (AvgIpc) is 3.72. The maximum absolute atomic E-state index is 6.52. The fourth-order valence-corrected chi connectivity index (χ4v) is 6.93. The minimum absolute atomic E-state index is 0.00710. The average molecular weight is 588 g/mol. The molecule has 0 saturated heterocycles. The van der Waals surface area contributed by atoms with Gasteiger partial charge in [0.15, 0.2) is 0 Å². The summed E-state index contributed by atoms with van der Waals surface area (Å²) in [5, 5.41) is 0. The van der Waals surface area contributed by atoms with Crippen LogP contribution < -0.4 is 35.7 Å². The van der Waals surface area contributed by atoms with Crippen LogP contribution in [-0.2, 0) is 0 Å². The quantitative estimate of drug-likeness (QED) is 0.269. The summed E-state index contributed by atoms with van der Waals surface area (Å²) < 4.78 is 13.0. The molecule has 0 fully saturated rings. The molecule has 9 rings (SSSR count). The molecule has 3 aromatic carbocycles. The maximum atomic E-state index is 6.52. The van der Waals surface area contributed by atoms with Crippen LogP contribution in [0.5, 0.6) is 23.0 Å². The monoisotopic (exact) mass is 588 g/mol. The number of aromatic nitrogens is 2. The van der Waals surface area contributed by atoms with E-state index in [4.69, 9.17) is 19.4 Å². The summed E-state index contributed by atoms with van der Waals surface area (Å²) in [6.45, 7) is 7.52. The predicted octanol–water partition coefficient (Wildman–Crippen LogP) is 5.02. The summed E-state index contributed by atoms with van der Waals surface area (Å²) in [6, 6.07) is 27.3. The first-order valence-corrected chi connectivity index (χ1v) is 15.4. The van der Waals surface area contributed by atoms with E-state index < -0.39 is 0 Å². The molecule has 6 heterocycles. The Balaban J connectivity index is 1.06. The van der Waals surface area contributed by atoms with Crippen LogP contribution in [0.3, 0.4) is 0 Å². The molecule has 0 N–H and O–H groups in total. The van der Waals surface area contributed by atoms with Crippen molar-refractivity contribution in [3.8, 4) is 45.5 Å².